The highest BCUT2D eigenvalue weighted by molar-refractivity contribution is 5.78. The highest BCUT2D eigenvalue weighted by atomic mass is 16.2. The van der Waals surface area contributed by atoms with E-state index in [1.165, 1.54) is 12.8 Å². The Bertz CT molecular complexity index is 190. The number of amides is 1. The van der Waals surface area contributed by atoms with Gasteiger partial charge in [0.05, 0.1) is 6.54 Å². The summed E-state index contributed by atoms with van der Waals surface area (Å²) < 4.78 is 0. The van der Waals surface area contributed by atoms with E-state index in [1.807, 2.05) is 4.90 Å². The molecule has 96 valence electrons. The van der Waals surface area contributed by atoms with Crippen molar-refractivity contribution in [3.63, 3.8) is 0 Å². The smallest absolute Gasteiger partial charge is 0.236 e. The van der Waals surface area contributed by atoms with Gasteiger partial charge in [0, 0.05) is 18.6 Å². The second kappa shape index (κ2) is 8.57. The lowest BCUT2D eigenvalue weighted by Gasteiger charge is -2.27. The lowest BCUT2D eigenvalue weighted by Crippen LogP contribution is -2.44. The Hall–Kier alpha value is -0.570. The molecule has 0 aliphatic heterocycles. The van der Waals surface area contributed by atoms with Crippen molar-refractivity contribution in [3.8, 4) is 0 Å². The monoisotopic (exact) mass is 228 g/mol. The number of carbonyl (C=O) groups excluding carboxylic acids is 1. The molecular formula is C13H28N2O. The van der Waals surface area contributed by atoms with Crippen molar-refractivity contribution in [3.05, 3.63) is 0 Å². The Labute approximate surface area is 101 Å². The van der Waals surface area contributed by atoms with Gasteiger partial charge in [-0.3, -0.25) is 4.79 Å². The van der Waals surface area contributed by atoms with Crippen molar-refractivity contribution in [1.82, 2.24) is 10.2 Å². The van der Waals surface area contributed by atoms with Gasteiger partial charge >= 0.3 is 0 Å². The molecule has 0 rings (SSSR count). The second-order valence-corrected chi connectivity index (χ2v) is 4.92. The van der Waals surface area contributed by atoms with Crippen LogP contribution in [-0.2, 0) is 4.79 Å². The molecule has 0 unspecified atom stereocenters. The Morgan fingerprint density at radius 1 is 1.19 bits per heavy atom. The fourth-order valence-electron chi connectivity index (χ4n) is 1.60. The SMILES string of the molecule is CCCCCN(C(=O)CNC(C)C)C(C)C. The number of hydrogen-bond donors (Lipinski definition) is 1. The normalized spacial score (nSPS) is 11.2. The highest BCUT2D eigenvalue weighted by Gasteiger charge is 2.15. The summed E-state index contributed by atoms with van der Waals surface area (Å²) in [6, 6.07) is 0.673. The molecular weight excluding hydrogens is 200 g/mol. The highest BCUT2D eigenvalue weighted by Crippen LogP contribution is 2.03. The van der Waals surface area contributed by atoms with Crippen LogP contribution in [0.1, 0.15) is 53.9 Å². The van der Waals surface area contributed by atoms with Crippen LogP contribution in [0, 0.1) is 0 Å². The molecule has 0 spiro atoms. The van der Waals surface area contributed by atoms with Gasteiger partial charge in [0.1, 0.15) is 0 Å². The van der Waals surface area contributed by atoms with Crippen LogP contribution in [-0.4, -0.2) is 36.0 Å². The van der Waals surface area contributed by atoms with E-state index >= 15 is 0 Å². The molecule has 0 aromatic rings. The maximum atomic E-state index is 11.9. The van der Waals surface area contributed by atoms with Gasteiger partial charge in [-0.2, -0.15) is 0 Å². The summed E-state index contributed by atoms with van der Waals surface area (Å²) in [6.07, 6.45) is 3.51. The summed E-state index contributed by atoms with van der Waals surface area (Å²) >= 11 is 0. The predicted octanol–water partition coefficient (Wildman–Crippen LogP) is 2.41. The molecule has 0 radical (unpaired) electrons. The van der Waals surface area contributed by atoms with Gasteiger partial charge in [0.2, 0.25) is 5.91 Å². The molecule has 16 heavy (non-hydrogen) atoms. The number of nitrogens with one attached hydrogen (secondary N) is 1. The van der Waals surface area contributed by atoms with Gasteiger partial charge in [0.25, 0.3) is 0 Å². The minimum absolute atomic E-state index is 0.222. The van der Waals surface area contributed by atoms with Crippen LogP contribution >= 0.6 is 0 Å². The third-order valence-corrected chi connectivity index (χ3v) is 2.61. The predicted molar refractivity (Wildman–Crippen MR) is 69.5 cm³/mol. The van der Waals surface area contributed by atoms with Gasteiger partial charge in [-0.25, -0.2) is 0 Å². The zero-order valence-electron chi connectivity index (χ0n) is 11.5. The van der Waals surface area contributed by atoms with Crippen LogP contribution in [0.5, 0.6) is 0 Å². The molecule has 1 N–H and O–H groups in total. The van der Waals surface area contributed by atoms with Gasteiger partial charge in [-0.1, -0.05) is 33.6 Å². The van der Waals surface area contributed by atoms with Crippen LogP contribution in [0.2, 0.25) is 0 Å². The maximum absolute atomic E-state index is 11.9. The molecule has 0 atom stereocenters. The zero-order valence-corrected chi connectivity index (χ0v) is 11.5. The maximum Gasteiger partial charge on any atom is 0.236 e. The Balaban J connectivity index is 4.03. The summed E-state index contributed by atoms with van der Waals surface area (Å²) in [6.45, 7) is 11.8. The fourth-order valence-corrected chi connectivity index (χ4v) is 1.60. The summed E-state index contributed by atoms with van der Waals surface area (Å²) in [7, 11) is 0. The number of unbranched alkanes of at least 4 members (excludes halogenated alkanes) is 2. The quantitative estimate of drug-likeness (QED) is 0.647. The third-order valence-electron chi connectivity index (χ3n) is 2.61. The van der Waals surface area contributed by atoms with Gasteiger partial charge in [-0.15, -0.1) is 0 Å². The van der Waals surface area contributed by atoms with E-state index < -0.39 is 0 Å². The van der Waals surface area contributed by atoms with Crippen molar-refractivity contribution >= 4 is 5.91 Å². The van der Waals surface area contributed by atoms with Gasteiger partial charge in [-0.05, 0) is 20.3 Å². The Morgan fingerprint density at radius 2 is 1.81 bits per heavy atom. The topological polar surface area (TPSA) is 32.3 Å². The molecule has 0 aliphatic rings. The first-order valence-corrected chi connectivity index (χ1v) is 6.51. The van der Waals surface area contributed by atoms with Crippen molar-refractivity contribution in [2.45, 2.75) is 66.0 Å². The summed E-state index contributed by atoms with van der Waals surface area (Å²) in [5.41, 5.74) is 0. The van der Waals surface area contributed by atoms with Crippen LogP contribution in [0.4, 0.5) is 0 Å². The van der Waals surface area contributed by atoms with Crippen LogP contribution in [0.15, 0.2) is 0 Å². The van der Waals surface area contributed by atoms with Crippen molar-refractivity contribution < 1.29 is 4.79 Å². The van der Waals surface area contributed by atoms with E-state index in [-0.39, 0.29) is 5.91 Å². The molecule has 0 saturated heterocycles. The van der Waals surface area contributed by atoms with Crippen LogP contribution in [0.25, 0.3) is 0 Å². The molecule has 1 amide bonds. The van der Waals surface area contributed by atoms with E-state index in [1.54, 1.807) is 0 Å². The van der Waals surface area contributed by atoms with Crippen LogP contribution in [0.3, 0.4) is 0 Å². The van der Waals surface area contributed by atoms with Crippen molar-refractivity contribution in [2.24, 2.45) is 0 Å². The first-order chi connectivity index (χ1) is 7.49. The largest absolute Gasteiger partial charge is 0.339 e. The molecule has 0 aliphatic carbocycles. The average molecular weight is 228 g/mol. The summed E-state index contributed by atoms with van der Waals surface area (Å²) in [5, 5.41) is 3.18. The molecule has 0 aromatic heterocycles. The molecule has 3 heteroatoms. The first kappa shape index (κ1) is 15.4. The van der Waals surface area contributed by atoms with Gasteiger partial charge in [0.15, 0.2) is 0 Å². The van der Waals surface area contributed by atoms with Crippen molar-refractivity contribution in [1.29, 1.82) is 0 Å². The Morgan fingerprint density at radius 3 is 2.25 bits per heavy atom. The van der Waals surface area contributed by atoms with E-state index in [2.05, 4.69) is 39.9 Å². The van der Waals surface area contributed by atoms with E-state index in [0.717, 1.165) is 13.0 Å². The summed E-state index contributed by atoms with van der Waals surface area (Å²) in [5.74, 6) is 0.222. The van der Waals surface area contributed by atoms with Crippen LogP contribution < -0.4 is 5.32 Å². The fraction of sp³-hybridized carbons (Fsp3) is 0.923. The zero-order chi connectivity index (χ0) is 12.6. The number of carbonyl (C=O) groups is 1. The lowest BCUT2D eigenvalue weighted by atomic mass is 10.2. The van der Waals surface area contributed by atoms with E-state index in [0.29, 0.717) is 18.6 Å². The van der Waals surface area contributed by atoms with Gasteiger partial charge < -0.3 is 10.2 Å². The number of nitrogens with zero attached hydrogens (tertiary/aromatic N) is 1. The lowest BCUT2D eigenvalue weighted by molar-refractivity contribution is -0.132. The molecule has 3 nitrogen and oxygen atoms in total. The van der Waals surface area contributed by atoms with Crippen molar-refractivity contribution in [2.75, 3.05) is 13.1 Å². The molecule has 0 fully saturated rings. The van der Waals surface area contributed by atoms with E-state index in [9.17, 15) is 4.79 Å². The number of rotatable bonds is 8. The molecule has 0 bridgehead atoms. The number of hydrogen-bond acceptors (Lipinski definition) is 2. The Kier molecular flexibility index (Phi) is 8.26. The standard InChI is InChI=1S/C13H28N2O/c1-6-7-8-9-15(12(4)5)13(16)10-14-11(2)3/h11-12,14H,6-10H2,1-5H3. The second-order valence-electron chi connectivity index (χ2n) is 4.92. The average Bonchev–Trinajstić information content (AvgIpc) is 2.20. The summed E-state index contributed by atoms with van der Waals surface area (Å²) in [4.78, 5) is 13.9. The molecule has 0 saturated carbocycles. The molecule has 0 aromatic carbocycles. The minimum Gasteiger partial charge on any atom is -0.339 e. The minimum atomic E-state index is 0.222. The molecule has 0 heterocycles. The third kappa shape index (κ3) is 6.83. The first-order valence-electron chi connectivity index (χ1n) is 6.51. The van der Waals surface area contributed by atoms with E-state index in [4.69, 9.17) is 0 Å².